The van der Waals surface area contributed by atoms with Crippen LogP contribution < -0.4 is 42.4 Å². The number of aliphatic hydroxyl groups is 2. The van der Waals surface area contributed by atoms with Crippen molar-refractivity contribution in [1.29, 1.82) is 0 Å². The van der Waals surface area contributed by atoms with Crippen molar-refractivity contribution in [2.75, 3.05) is 0 Å². The van der Waals surface area contributed by atoms with E-state index in [2.05, 4.69) is 0 Å². The number of hydrogen-bond donors (Lipinski definition) is 2. The smallest absolute Gasteiger partial charge is 0.366 e. The van der Waals surface area contributed by atoms with Crippen LogP contribution in [0.2, 0.25) is 0 Å². The summed E-state index contributed by atoms with van der Waals surface area (Å²) in [5, 5.41) is 23.4. The summed E-state index contributed by atoms with van der Waals surface area (Å²) in [6.45, 7) is 0. The van der Waals surface area contributed by atoms with E-state index in [1.54, 1.807) is 0 Å². The number of hydrogen-bond acceptors (Lipinski definition) is 6. The summed E-state index contributed by atoms with van der Waals surface area (Å²) in [5.74, 6) is -5.62. The van der Waals surface area contributed by atoms with Crippen molar-refractivity contribution in [3.63, 3.8) is 0 Å². The highest BCUT2D eigenvalue weighted by molar-refractivity contribution is 6.52. The Hall–Kier alpha value is -3.38. The molecule has 40 heavy (non-hydrogen) atoms. The van der Waals surface area contributed by atoms with Crippen LogP contribution in [0.5, 0.6) is 0 Å². The Morgan fingerprint density at radius 2 is 0.875 bits per heavy atom. The average Bonchev–Trinajstić information content (AvgIpc) is 2.99. The SMILES string of the molecule is O=C1C(=O)C2=C(C(O)=C1[I+]c1ccccc1)C1C3=C(C(=O)C(=O)C([I+]c4ccccc4)=C3O)C2C2C=CC=CC12. The van der Waals surface area contributed by atoms with Crippen molar-refractivity contribution in [1.82, 2.24) is 0 Å². The van der Waals surface area contributed by atoms with E-state index in [1.807, 2.05) is 85.0 Å². The van der Waals surface area contributed by atoms with Crippen molar-refractivity contribution in [2.24, 2.45) is 23.7 Å². The lowest BCUT2D eigenvalue weighted by Gasteiger charge is -2.51. The molecule has 2 N–H and O–H groups in total. The third kappa shape index (κ3) is 3.64. The van der Waals surface area contributed by atoms with E-state index in [9.17, 15) is 29.4 Å². The van der Waals surface area contributed by atoms with E-state index in [1.165, 1.54) is 0 Å². The molecule has 8 rings (SSSR count). The number of Topliss-reactive ketones (excluding diaryl/α,β-unsaturated/α-hetero) is 4. The first-order valence-electron chi connectivity index (χ1n) is 12.7. The topological polar surface area (TPSA) is 109 Å². The Bertz CT molecular complexity index is 1630. The number of halogens is 2. The van der Waals surface area contributed by atoms with Gasteiger partial charge in [-0.1, -0.05) is 60.7 Å². The van der Waals surface area contributed by atoms with Crippen LogP contribution in [0.1, 0.15) is 0 Å². The van der Waals surface area contributed by atoms with E-state index < -0.39 is 77.4 Å². The zero-order valence-corrected chi connectivity index (χ0v) is 25.0. The maximum atomic E-state index is 13.8. The molecule has 0 heterocycles. The number of rotatable bonds is 4. The van der Waals surface area contributed by atoms with Crippen LogP contribution >= 0.6 is 0 Å². The average molecular weight is 754 g/mol. The Balaban J connectivity index is 1.44. The van der Waals surface area contributed by atoms with Gasteiger partial charge in [0.25, 0.3) is 18.7 Å². The molecule has 6 aliphatic carbocycles. The number of ketones is 4. The van der Waals surface area contributed by atoms with Gasteiger partial charge in [0.1, 0.15) is 0 Å². The Kier molecular flexibility index (Phi) is 6.15. The molecule has 8 heteroatoms. The Morgan fingerprint density at radius 1 is 0.500 bits per heavy atom. The summed E-state index contributed by atoms with van der Waals surface area (Å²) < 4.78 is 2.00. The number of carbonyl (C=O) groups is 4. The van der Waals surface area contributed by atoms with Gasteiger partial charge < -0.3 is 10.2 Å². The maximum absolute atomic E-state index is 13.8. The molecular weight excluding hydrogens is 734 g/mol. The zero-order valence-electron chi connectivity index (χ0n) is 20.7. The number of allylic oxidation sites excluding steroid dienone is 10. The molecule has 2 unspecified atom stereocenters. The fourth-order valence-electron chi connectivity index (χ4n) is 6.36. The molecule has 0 radical (unpaired) electrons. The largest absolute Gasteiger partial charge is 0.503 e. The molecule has 0 spiro atoms. The van der Waals surface area contributed by atoms with Crippen molar-refractivity contribution in [2.45, 2.75) is 0 Å². The van der Waals surface area contributed by atoms with Gasteiger partial charge in [-0.3, -0.25) is 19.2 Å². The molecule has 0 saturated carbocycles. The van der Waals surface area contributed by atoms with E-state index in [0.717, 1.165) is 7.14 Å². The van der Waals surface area contributed by atoms with E-state index in [0.29, 0.717) is 11.1 Å². The molecule has 196 valence electrons. The van der Waals surface area contributed by atoms with Crippen molar-refractivity contribution in [3.8, 4) is 0 Å². The molecule has 6 aliphatic rings. The number of carbonyl (C=O) groups excluding carboxylic acids is 4. The third-order valence-electron chi connectivity index (χ3n) is 7.92. The van der Waals surface area contributed by atoms with Crippen LogP contribution in [-0.2, 0) is 19.2 Å². The van der Waals surface area contributed by atoms with E-state index in [4.69, 9.17) is 0 Å². The standard InChI is InChI=1S/C32H18I2O6/c35-27-21-19-17-13-7-8-14-18(17)20(23(21)29(37)31(39)25(27)33-15-9-3-1-4-10-15)24-22(19)28(36)26(32(40)30(24)38)34-16-11-5-2-6-12-16/h1-14,17-20H/p+2. The minimum Gasteiger partial charge on any atom is -0.503 e. The van der Waals surface area contributed by atoms with Gasteiger partial charge in [0.05, 0.1) is 0 Å². The molecule has 6 nitrogen and oxygen atoms in total. The second-order valence-corrected chi connectivity index (χ2v) is 15.7. The fourth-order valence-corrected chi connectivity index (χ4v) is 11.2. The van der Waals surface area contributed by atoms with Gasteiger partial charge in [0, 0.05) is 34.1 Å². The monoisotopic (exact) mass is 754 g/mol. The first kappa shape index (κ1) is 25.6. The van der Waals surface area contributed by atoms with Gasteiger partial charge in [0.2, 0.25) is 11.6 Å². The normalized spacial score (nSPS) is 27.0. The lowest BCUT2D eigenvalue weighted by molar-refractivity contribution is -0.572. The van der Waals surface area contributed by atoms with Crippen LogP contribution in [0, 0.1) is 30.8 Å². The van der Waals surface area contributed by atoms with Gasteiger partial charge in [-0.25, -0.2) is 0 Å². The summed E-state index contributed by atoms with van der Waals surface area (Å²) in [5.41, 5.74) is 0.851. The van der Waals surface area contributed by atoms with Gasteiger partial charge in [-0.2, -0.15) is 0 Å². The summed E-state index contributed by atoms with van der Waals surface area (Å²) in [4.78, 5) is 54.4. The van der Waals surface area contributed by atoms with Crippen LogP contribution in [0.25, 0.3) is 0 Å². The van der Waals surface area contributed by atoms with Crippen molar-refractivity contribution in [3.05, 3.63) is 133 Å². The number of aliphatic hydroxyl groups excluding tert-OH is 2. The van der Waals surface area contributed by atoms with Crippen LogP contribution in [0.4, 0.5) is 0 Å². The summed E-state index contributed by atoms with van der Waals surface area (Å²) >= 11 is -2.34. The third-order valence-corrected chi connectivity index (χ3v) is 13.7. The minimum atomic E-state index is -1.17. The second-order valence-electron chi connectivity index (χ2n) is 9.96. The molecule has 0 amide bonds. The fraction of sp³-hybridized carbons (Fsp3) is 0.125. The zero-order chi connectivity index (χ0) is 27.7. The van der Waals surface area contributed by atoms with Crippen molar-refractivity contribution >= 4 is 23.1 Å². The number of benzene rings is 2. The molecular formula is C32H20I2O6+2. The molecule has 0 saturated heterocycles. The summed E-state index contributed by atoms with van der Waals surface area (Å²) in [6, 6.07) is 18.6. The van der Waals surface area contributed by atoms with Gasteiger partial charge in [-0.05, 0) is 36.1 Å². The molecule has 2 atom stereocenters. The lowest BCUT2D eigenvalue weighted by atomic mass is 9.50. The van der Waals surface area contributed by atoms with Gasteiger partial charge in [-0.15, -0.1) is 0 Å². The molecule has 2 bridgehead atoms. The Morgan fingerprint density at radius 3 is 1.27 bits per heavy atom. The lowest BCUT2D eigenvalue weighted by Crippen LogP contribution is -3.61. The highest BCUT2D eigenvalue weighted by atomic mass is 127. The van der Waals surface area contributed by atoms with Crippen LogP contribution in [0.15, 0.2) is 126 Å². The maximum Gasteiger partial charge on any atom is 0.366 e. The van der Waals surface area contributed by atoms with Gasteiger partial charge in [0.15, 0.2) is 18.7 Å². The predicted molar refractivity (Wildman–Crippen MR) is 136 cm³/mol. The first-order valence-corrected chi connectivity index (χ1v) is 17.0. The highest BCUT2D eigenvalue weighted by Crippen LogP contribution is 2.60. The quantitative estimate of drug-likeness (QED) is 0.212. The van der Waals surface area contributed by atoms with E-state index >= 15 is 0 Å². The molecule has 0 aromatic heterocycles. The predicted octanol–water partition coefficient (Wildman–Crippen LogP) is -2.04. The molecule has 0 aliphatic heterocycles. The highest BCUT2D eigenvalue weighted by Gasteiger charge is 2.62. The van der Waals surface area contributed by atoms with Crippen LogP contribution in [0.3, 0.4) is 0 Å². The second kappa shape index (κ2) is 9.62. The summed E-state index contributed by atoms with van der Waals surface area (Å²) in [6.07, 6.45) is 7.57. The first-order chi connectivity index (χ1) is 19.4. The van der Waals surface area contributed by atoms with E-state index in [-0.39, 0.29) is 41.7 Å². The van der Waals surface area contributed by atoms with Crippen molar-refractivity contribution < 1.29 is 71.8 Å². The molecule has 2 aromatic rings. The summed E-state index contributed by atoms with van der Waals surface area (Å²) in [7, 11) is 0. The van der Waals surface area contributed by atoms with Crippen LogP contribution in [-0.4, -0.2) is 33.3 Å². The molecule has 0 fully saturated rings. The molecule has 2 aromatic carbocycles. The minimum absolute atomic E-state index is 0.100. The van der Waals surface area contributed by atoms with Gasteiger partial charge >= 0.3 is 42.4 Å². The Labute approximate surface area is 250 Å².